The van der Waals surface area contributed by atoms with Crippen molar-refractivity contribution in [3.63, 3.8) is 0 Å². The van der Waals surface area contributed by atoms with E-state index in [1.807, 2.05) is 18.2 Å². The van der Waals surface area contributed by atoms with Crippen LogP contribution >= 0.6 is 7.82 Å². The van der Waals surface area contributed by atoms with Crippen LogP contribution in [0.1, 0.15) is 104 Å². The topological polar surface area (TPSA) is 192 Å². The summed E-state index contributed by atoms with van der Waals surface area (Å²) in [5, 5.41) is 50.1. The van der Waals surface area contributed by atoms with E-state index in [0.717, 1.165) is 64.2 Å². The Morgan fingerprint density at radius 3 is 1.32 bits per heavy atom. The van der Waals surface area contributed by atoms with Gasteiger partial charge >= 0.3 is 13.8 Å². The summed E-state index contributed by atoms with van der Waals surface area (Å²) >= 11 is 0. The number of carbonyl (C=O) groups excluding carboxylic acids is 1. The van der Waals surface area contributed by atoms with Crippen molar-refractivity contribution < 1.29 is 58.3 Å². The fraction of sp³-hybridized carbons (Fsp3) is 0.553. The normalized spacial score (nSPS) is 23.5. The van der Waals surface area contributed by atoms with E-state index < -0.39 is 63.1 Å². The predicted molar refractivity (Wildman–Crippen MR) is 239 cm³/mol. The number of ether oxygens (including phenoxy) is 2. The van der Waals surface area contributed by atoms with Crippen LogP contribution in [0.4, 0.5) is 0 Å². The van der Waals surface area contributed by atoms with Crippen molar-refractivity contribution in [2.75, 3.05) is 19.8 Å². The number of unbranched alkanes of at least 4 members (excludes halogenated alkanes) is 1. The molecule has 0 spiro atoms. The van der Waals surface area contributed by atoms with Gasteiger partial charge in [0.1, 0.15) is 42.7 Å². The first-order valence-corrected chi connectivity index (χ1v) is 22.9. The minimum absolute atomic E-state index is 0.0380. The van der Waals surface area contributed by atoms with Gasteiger partial charge in [-0.3, -0.25) is 13.8 Å². The number of aliphatic hydroxyl groups is 5. The van der Waals surface area contributed by atoms with E-state index >= 15 is 0 Å². The zero-order valence-electron chi connectivity index (χ0n) is 35.7. The fourth-order valence-electron chi connectivity index (χ4n) is 5.50. The Balaban J connectivity index is 2.54. The molecule has 60 heavy (non-hydrogen) atoms. The molecule has 0 aromatic heterocycles. The van der Waals surface area contributed by atoms with Gasteiger partial charge in [0.15, 0.2) is 0 Å². The van der Waals surface area contributed by atoms with E-state index in [-0.39, 0.29) is 13.0 Å². The lowest BCUT2D eigenvalue weighted by Gasteiger charge is -2.41. The zero-order chi connectivity index (χ0) is 44.1. The van der Waals surface area contributed by atoms with Gasteiger partial charge in [0.25, 0.3) is 0 Å². The van der Waals surface area contributed by atoms with Crippen LogP contribution in [0.25, 0.3) is 0 Å². The Morgan fingerprint density at radius 1 is 0.533 bits per heavy atom. The third kappa shape index (κ3) is 28.3. The number of aliphatic hydroxyl groups excluding tert-OH is 5. The molecule has 338 valence electrons. The van der Waals surface area contributed by atoms with Crippen LogP contribution in [0.15, 0.2) is 122 Å². The summed E-state index contributed by atoms with van der Waals surface area (Å²) in [6.45, 7) is 3.76. The van der Waals surface area contributed by atoms with Crippen molar-refractivity contribution in [3.05, 3.63) is 122 Å². The zero-order valence-corrected chi connectivity index (χ0v) is 36.6. The van der Waals surface area contributed by atoms with Gasteiger partial charge in [-0.05, 0) is 83.5 Å². The standard InChI is InChI=1S/C47H73O12P/c1-3-5-7-9-11-13-15-17-19-20-21-22-23-24-26-28-30-32-34-36-41(48)58-40(38-56-37-35-33-31-29-27-25-18-16-14-12-10-8-6-4-2)39-57-60(54,55)59-47-45(52)43(50)42(49)44(51)46(47)53/h5-8,11-14,17-19,21-22,24-26,29-32,40,42-47,49-53H,3-4,9-10,15-16,20,23,27-28,33-39H2,1-2H3,(H,54,55)/b7-5-,8-6-,13-11-,14-12-,19-17-,22-21-,25-18-,26-24-,31-29-,32-30-. The first-order valence-electron chi connectivity index (χ1n) is 21.4. The van der Waals surface area contributed by atoms with E-state index in [0.29, 0.717) is 25.9 Å². The highest BCUT2D eigenvalue weighted by Gasteiger charge is 2.51. The van der Waals surface area contributed by atoms with Crippen LogP contribution in [-0.2, 0) is 27.9 Å². The molecule has 1 fully saturated rings. The molecule has 0 heterocycles. The second-order valence-corrected chi connectivity index (χ2v) is 15.5. The molecule has 12 nitrogen and oxygen atoms in total. The molecule has 0 aliphatic heterocycles. The summed E-state index contributed by atoms with van der Waals surface area (Å²) in [6.07, 6.45) is 40.1. The quantitative estimate of drug-likeness (QED) is 0.0160. The molecule has 0 amide bonds. The molecule has 6 N–H and O–H groups in total. The summed E-state index contributed by atoms with van der Waals surface area (Å²) in [5.74, 6) is -0.585. The molecule has 1 aliphatic carbocycles. The van der Waals surface area contributed by atoms with Crippen molar-refractivity contribution in [2.24, 2.45) is 0 Å². The predicted octanol–water partition coefficient (Wildman–Crippen LogP) is 8.30. The van der Waals surface area contributed by atoms with Gasteiger partial charge in [0.05, 0.1) is 13.2 Å². The first-order chi connectivity index (χ1) is 29.0. The molecule has 13 heteroatoms. The van der Waals surface area contributed by atoms with E-state index in [1.54, 1.807) is 0 Å². The Kier molecular flexibility index (Phi) is 33.2. The van der Waals surface area contributed by atoms with Gasteiger partial charge in [-0.2, -0.15) is 0 Å². The molecule has 1 rings (SSSR count). The molecule has 6 atom stereocenters. The van der Waals surface area contributed by atoms with Gasteiger partial charge < -0.3 is 39.9 Å². The maximum absolute atomic E-state index is 12.8. The molecular formula is C47H73O12P. The summed E-state index contributed by atoms with van der Waals surface area (Å²) < 4.78 is 33.9. The van der Waals surface area contributed by atoms with E-state index in [4.69, 9.17) is 18.5 Å². The number of rotatable bonds is 33. The number of phosphoric acid groups is 1. The lowest BCUT2D eigenvalue weighted by atomic mass is 9.85. The van der Waals surface area contributed by atoms with Gasteiger partial charge in [-0.25, -0.2) is 4.57 Å². The lowest BCUT2D eigenvalue weighted by Crippen LogP contribution is -2.64. The van der Waals surface area contributed by atoms with E-state index in [1.165, 1.54) is 0 Å². The summed E-state index contributed by atoms with van der Waals surface area (Å²) in [4.78, 5) is 23.1. The highest BCUT2D eigenvalue weighted by molar-refractivity contribution is 7.47. The molecular weight excluding hydrogens is 787 g/mol. The molecule has 6 unspecified atom stereocenters. The first kappa shape index (κ1) is 54.8. The Morgan fingerprint density at radius 2 is 0.900 bits per heavy atom. The Labute approximate surface area is 359 Å². The second-order valence-electron chi connectivity index (χ2n) is 14.1. The number of esters is 1. The summed E-state index contributed by atoms with van der Waals surface area (Å²) in [7, 11) is -5.06. The number of carbonyl (C=O) groups is 1. The van der Waals surface area contributed by atoms with Crippen LogP contribution in [-0.4, -0.2) is 98.9 Å². The highest BCUT2D eigenvalue weighted by atomic mass is 31.2. The van der Waals surface area contributed by atoms with E-state index in [9.17, 15) is 39.8 Å². The van der Waals surface area contributed by atoms with Crippen molar-refractivity contribution in [3.8, 4) is 0 Å². The smallest absolute Gasteiger partial charge is 0.457 e. The molecule has 0 aromatic rings. The molecule has 1 aliphatic rings. The van der Waals surface area contributed by atoms with Crippen LogP contribution in [0.3, 0.4) is 0 Å². The van der Waals surface area contributed by atoms with Gasteiger partial charge in [0.2, 0.25) is 0 Å². The van der Waals surface area contributed by atoms with Crippen molar-refractivity contribution >= 4 is 13.8 Å². The largest absolute Gasteiger partial charge is 0.472 e. The minimum atomic E-state index is -5.06. The van der Waals surface area contributed by atoms with Crippen molar-refractivity contribution in [1.82, 2.24) is 0 Å². The van der Waals surface area contributed by atoms with E-state index in [2.05, 4.69) is 117 Å². The number of hydrogen-bond acceptors (Lipinski definition) is 11. The average Bonchev–Trinajstić information content (AvgIpc) is 3.23. The van der Waals surface area contributed by atoms with Crippen molar-refractivity contribution in [1.29, 1.82) is 0 Å². The monoisotopic (exact) mass is 860 g/mol. The van der Waals surface area contributed by atoms with Crippen molar-refractivity contribution in [2.45, 2.75) is 146 Å². The third-order valence-electron chi connectivity index (χ3n) is 8.84. The fourth-order valence-corrected chi connectivity index (χ4v) is 6.47. The molecule has 0 aromatic carbocycles. The molecule has 0 radical (unpaired) electrons. The second kappa shape index (κ2) is 36.4. The van der Waals surface area contributed by atoms with Gasteiger partial charge in [-0.15, -0.1) is 0 Å². The molecule has 0 bridgehead atoms. The maximum atomic E-state index is 12.8. The van der Waals surface area contributed by atoms with Gasteiger partial charge in [-0.1, -0.05) is 135 Å². The Hall–Kier alpha value is -3.26. The minimum Gasteiger partial charge on any atom is -0.457 e. The maximum Gasteiger partial charge on any atom is 0.472 e. The number of hydrogen-bond donors (Lipinski definition) is 6. The lowest BCUT2D eigenvalue weighted by molar-refractivity contribution is -0.220. The van der Waals surface area contributed by atoms with Crippen LogP contribution < -0.4 is 0 Å². The average molecular weight is 861 g/mol. The summed E-state index contributed by atoms with van der Waals surface area (Å²) in [6, 6.07) is 0. The van der Waals surface area contributed by atoms with Crippen LogP contribution in [0.5, 0.6) is 0 Å². The van der Waals surface area contributed by atoms with Crippen LogP contribution in [0.2, 0.25) is 0 Å². The Bertz CT molecular complexity index is 1440. The SMILES string of the molecule is CC/C=C\C/C=C\C/C=C\C/C=C\C/C=C\C/C=C\CCC(=O)OC(COCCC/C=C\C/C=C\C/C=C\C/C=C\CC)COP(=O)(O)OC1C(O)C(O)C(O)C(O)C1O. The van der Waals surface area contributed by atoms with Crippen LogP contribution in [0, 0.1) is 0 Å². The molecule has 0 saturated heterocycles. The number of phosphoric ester groups is 1. The molecule has 1 saturated carbocycles. The van der Waals surface area contributed by atoms with Gasteiger partial charge in [0, 0.05) is 13.0 Å². The summed E-state index contributed by atoms with van der Waals surface area (Å²) in [5.41, 5.74) is 0. The highest BCUT2D eigenvalue weighted by Crippen LogP contribution is 2.47. The third-order valence-corrected chi connectivity index (χ3v) is 9.83. The number of allylic oxidation sites excluding steroid dienone is 20.